The van der Waals surface area contributed by atoms with E-state index in [9.17, 15) is 9.59 Å². The first kappa shape index (κ1) is 16.5. The number of aromatic nitrogens is 2. The summed E-state index contributed by atoms with van der Waals surface area (Å²) in [5.41, 5.74) is 0.924. The first-order valence-electron chi connectivity index (χ1n) is 7.15. The second kappa shape index (κ2) is 7.07. The van der Waals surface area contributed by atoms with Crippen molar-refractivity contribution in [3.8, 4) is 0 Å². The Morgan fingerprint density at radius 2 is 2.00 bits per heavy atom. The van der Waals surface area contributed by atoms with Crippen LogP contribution in [0.2, 0.25) is 5.02 Å². The summed E-state index contributed by atoms with van der Waals surface area (Å²) in [6.45, 7) is -0.103. The highest BCUT2D eigenvalue weighted by molar-refractivity contribution is 7.98. The maximum absolute atomic E-state index is 12.4. The number of amides is 1. The maximum Gasteiger partial charge on any atom is 0.261 e. The van der Waals surface area contributed by atoms with Crippen molar-refractivity contribution in [3.05, 3.63) is 64.2 Å². The van der Waals surface area contributed by atoms with Gasteiger partial charge in [-0.1, -0.05) is 11.6 Å². The number of hydrogen-bond donors (Lipinski definition) is 1. The Bertz CT molecular complexity index is 954. The predicted octanol–water partition coefficient (Wildman–Crippen LogP) is 3.41. The van der Waals surface area contributed by atoms with E-state index in [-0.39, 0.29) is 18.0 Å². The molecular formula is C17H14ClN3O2S. The molecule has 0 aliphatic heterocycles. The molecule has 0 aliphatic carbocycles. The lowest BCUT2D eigenvalue weighted by molar-refractivity contribution is -0.116. The van der Waals surface area contributed by atoms with Gasteiger partial charge in [0, 0.05) is 15.6 Å². The summed E-state index contributed by atoms with van der Waals surface area (Å²) in [7, 11) is 0. The Balaban J connectivity index is 1.78. The van der Waals surface area contributed by atoms with E-state index in [1.807, 2.05) is 30.5 Å². The fourth-order valence-corrected chi connectivity index (χ4v) is 2.85. The maximum atomic E-state index is 12.4. The van der Waals surface area contributed by atoms with E-state index >= 15 is 0 Å². The molecule has 0 bridgehead atoms. The molecule has 0 saturated carbocycles. The largest absolute Gasteiger partial charge is 0.325 e. The van der Waals surface area contributed by atoms with Gasteiger partial charge >= 0.3 is 0 Å². The number of hydrogen-bond acceptors (Lipinski definition) is 4. The smallest absolute Gasteiger partial charge is 0.261 e. The number of nitrogens with one attached hydrogen (secondary N) is 1. The summed E-state index contributed by atoms with van der Waals surface area (Å²) >= 11 is 7.52. The molecule has 122 valence electrons. The molecule has 1 aromatic heterocycles. The molecule has 0 unspecified atom stereocenters. The summed E-state index contributed by atoms with van der Waals surface area (Å²) < 4.78 is 1.28. The highest BCUT2D eigenvalue weighted by atomic mass is 35.5. The van der Waals surface area contributed by atoms with Crippen molar-refractivity contribution in [2.75, 3.05) is 11.6 Å². The van der Waals surface area contributed by atoms with Crippen molar-refractivity contribution in [1.82, 2.24) is 9.55 Å². The third kappa shape index (κ3) is 3.60. The molecule has 7 heteroatoms. The first-order chi connectivity index (χ1) is 11.6. The minimum Gasteiger partial charge on any atom is -0.325 e. The van der Waals surface area contributed by atoms with E-state index in [1.165, 1.54) is 10.9 Å². The lowest BCUT2D eigenvalue weighted by atomic mass is 10.2. The molecule has 1 N–H and O–H groups in total. The molecule has 1 heterocycles. The van der Waals surface area contributed by atoms with Crippen LogP contribution < -0.4 is 10.9 Å². The van der Waals surface area contributed by atoms with Crippen LogP contribution in [0.25, 0.3) is 10.9 Å². The van der Waals surface area contributed by atoms with Crippen LogP contribution in [0.3, 0.4) is 0 Å². The van der Waals surface area contributed by atoms with Crippen LogP contribution in [-0.4, -0.2) is 21.7 Å². The lowest BCUT2D eigenvalue weighted by Gasteiger charge is -2.08. The van der Waals surface area contributed by atoms with Crippen molar-refractivity contribution >= 4 is 45.9 Å². The van der Waals surface area contributed by atoms with Gasteiger partial charge in [0.25, 0.3) is 5.56 Å². The molecule has 3 aromatic rings. The molecule has 0 radical (unpaired) electrons. The van der Waals surface area contributed by atoms with E-state index in [0.717, 1.165) is 4.90 Å². The number of fused-ring (bicyclic) bond motifs is 1. The monoisotopic (exact) mass is 359 g/mol. The van der Waals surface area contributed by atoms with Crippen LogP contribution in [0.4, 0.5) is 5.69 Å². The second-order valence-corrected chi connectivity index (χ2v) is 6.43. The number of benzene rings is 2. The summed E-state index contributed by atoms with van der Waals surface area (Å²) in [5, 5.41) is 3.71. The number of halogens is 1. The molecule has 0 spiro atoms. The van der Waals surface area contributed by atoms with Gasteiger partial charge in [0.1, 0.15) is 6.54 Å². The van der Waals surface area contributed by atoms with Crippen LogP contribution >= 0.6 is 23.4 Å². The third-order valence-corrected chi connectivity index (χ3v) is 4.45. The minimum atomic E-state index is -0.288. The number of thioether (sulfide) groups is 1. The van der Waals surface area contributed by atoms with Gasteiger partial charge in [-0.2, -0.15) is 0 Å². The lowest BCUT2D eigenvalue weighted by Crippen LogP contribution is -2.27. The van der Waals surface area contributed by atoms with Gasteiger partial charge in [-0.25, -0.2) is 4.98 Å². The SMILES string of the molecule is CSc1ccc(NC(=O)Cn2cnc3cc(Cl)ccc3c2=O)cc1. The minimum absolute atomic E-state index is 0.103. The molecule has 24 heavy (non-hydrogen) atoms. The number of rotatable bonds is 4. The number of carbonyl (C=O) groups is 1. The van der Waals surface area contributed by atoms with E-state index < -0.39 is 0 Å². The molecule has 0 atom stereocenters. The van der Waals surface area contributed by atoms with Gasteiger partial charge in [-0.3, -0.25) is 14.2 Å². The normalized spacial score (nSPS) is 10.8. The molecule has 0 fully saturated rings. The van der Waals surface area contributed by atoms with Crippen LogP contribution in [0.1, 0.15) is 0 Å². The van der Waals surface area contributed by atoms with Gasteiger partial charge in [-0.15, -0.1) is 11.8 Å². The first-order valence-corrected chi connectivity index (χ1v) is 8.76. The van der Waals surface area contributed by atoms with Crippen LogP contribution in [0, 0.1) is 0 Å². The van der Waals surface area contributed by atoms with Crippen molar-refractivity contribution in [1.29, 1.82) is 0 Å². The van der Waals surface area contributed by atoms with Gasteiger partial charge < -0.3 is 5.32 Å². The van der Waals surface area contributed by atoms with Crippen molar-refractivity contribution in [2.45, 2.75) is 11.4 Å². The molecule has 3 rings (SSSR count). The van der Waals surface area contributed by atoms with Crippen molar-refractivity contribution in [2.24, 2.45) is 0 Å². The van der Waals surface area contributed by atoms with Crippen molar-refractivity contribution < 1.29 is 4.79 Å². The summed E-state index contributed by atoms with van der Waals surface area (Å²) in [6, 6.07) is 12.4. The Hall–Kier alpha value is -2.31. The van der Waals surface area contributed by atoms with Gasteiger partial charge in [0.2, 0.25) is 5.91 Å². The second-order valence-electron chi connectivity index (χ2n) is 5.12. The summed E-state index contributed by atoms with van der Waals surface area (Å²) in [4.78, 5) is 29.9. The van der Waals surface area contributed by atoms with Gasteiger partial charge in [-0.05, 0) is 48.7 Å². The molecule has 1 amide bonds. The number of anilines is 1. The Kier molecular flexibility index (Phi) is 4.87. The van der Waals surface area contributed by atoms with Crippen LogP contribution in [0.5, 0.6) is 0 Å². The van der Waals surface area contributed by atoms with E-state index in [4.69, 9.17) is 11.6 Å². The summed E-state index contributed by atoms with van der Waals surface area (Å²) in [6.07, 6.45) is 3.34. The molecular weight excluding hydrogens is 346 g/mol. The van der Waals surface area contributed by atoms with Crippen LogP contribution in [-0.2, 0) is 11.3 Å². The molecule has 0 saturated heterocycles. The van der Waals surface area contributed by atoms with Gasteiger partial charge in [0.05, 0.1) is 17.2 Å². The Morgan fingerprint density at radius 1 is 1.25 bits per heavy atom. The fraction of sp³-hybridized carbons (Fsp3) is 0.118. The van der Waals surface area contributed by atoms with Crippen molar-refractivity contribution in [3.63, 3.8) is 0 Å². The predicted molar refractivity (Wildman–Crippen MR) is 97.9 cm³/mol. The zero-order chi connectivity index (χ0) is 17.1. The Labute approximate surface area is 147 Å². The van der Waals surface area contributed by atoms with E-state index in [2.05, 4.69) is 10.3 Å². The fourth-order valence-electron chi connectivity index (χ4n) is 2.27. The summed E-state index contributed by atoms with van der Waals surface area (Å²) in [5.74, 6) is -0.288. The standard InChI is InChI=1S/C17H14ClN3O2S/c1-24-13-5-3-12(4-6-13)20-16(22)9-21-10-19-15-8-11(18)2-7-14(15)17(21)23/h2-8,10H,9H2,1H3,(H,20,22). The van der Waals surface area contributed by atoms with E-state index in [1.54, 1.807) is 30.0 Å². The average Bonchev–Trinajstić information content (AvgIpc) is 2.58. The molecule has 5 nitrogen and oxygen atoms in total. The number of carbonyl (C=O) groups excluding carboxylic acids is 1. The van der Waals surface area contributed by atoms with E-state index in [0.29, 0.717) is 21.6 Å². The molecule has 0 aliphatic rings. The number of nitrogens with zero attached hydrogens (tertiary/aromatic N) is 2. The zero-order valence-corrected chi connectivity index (χ0v) is 14.4. The third-order valence-electron chi connectivity index (χ3n) is 3.47. The van der Waals surface area contributed by atoms with Crippen LogP contribution in [0.15, 0.2) is 58.5 Å². The highest BCUT2D eigenvalue weighted by Gasteiger charge is 2.09. The molecule has 2 aromatic carbocycles. The zero-order valence-electron chi connectivity index (χ0n) is 12.8. The Morgan fingerprint density at radius 3 is 2.71 bits per heavy atom. The topological polar surface area (TPSA) is 64.0 Å². The highest BCUT2D eigenvalue weighted by Crippen LogP contribution is 2.17. The quantitative estimate of drug-likeness (QED) is 0.725. The van der Waals surface area contributed by atoms with Gasteiger partial charge in [0.15, 0.2) is 0 Å². The average molecular weight is 360 g/mol.